The summed E-state index contributed by atoms with van der Waals surface area (Å²) in [6.07, 6.45) is 2.30. The Morgan fingerprint density at radius 3 is 2.86 bits per heavy atom. The van der Waals surface area contributed by atoms with Crippen molar-refractivity contribution < 1.29 is 18.9 Å². The van der Waals surface area contributed by atoms with E-state index < -0.39 is 11.8 Å². The molecule has 6 heteroatoms. The normalized spacial score (nSPS) is 21.6. The first-order valence-corrected chi connectivity index (χ1v) is 7.23. The summed E-state index contributed by atoms with van der Waals surface area (Å²) < 4.78 is 13.4. The molecule has 1 unspecified atom stereocenters. The van der Waals surface area contributed by atoms with Crippen LogP contribution in [0.15, 0.2) is 24.3 Å². The van der Waals surface area contributed by atoms with Gasteiger partial charge < -0.3 is 10.2 Å². The largest absolute Gasteiger partial charge is 0.327 e. The molecule has 0 saturated carbocycles. The number of benzene rings is 1. The molecule has 0 bridgehead atoms. The molecule has 114 valence electrons. The summed E-state index contributed by atoms with van der Waals surface area (Å²) in [5, 5.41) is 4.57. The van der Waals surface area contributed by atoms with Gasteiger partial charge in [-0.15, -0.1) is 0 Å². The fourth-order valence-corrected chi connectivity index (χ4v) is 2.67. The molecule has 5 nitrogen and oxygen atoms in total. The average molecular weight is 294 g/mol. The van der Waals surface area contributed by atoms with E-state index in [0.717, 1.165) is 19.5 Å². The number of anilines is 1. The van der Waals surface area contributed by atoms with Gasteiger partial charge in [0.2, 0.25) is 0 Å². The van der Waals surface area contributed by atoms with Crippen LogP contribution in [0.5, 0.6) is 0 Å². The number of hydrogen-bond donors (Lipinski definition) is 3. The highest BCUT2D eigenvalue weighted by molar-refractivity contribution is 6.01. The number of halogens is 1. The minimum absolute atomic E-state index is 0.0572. The summed E-state index contributed by atoms with van der Waals surface area (Å²) in [6.45, 7) is 4.34. The van der Waals surface area contributed by atoms with Crippen molar-refractivity contribution in [1.29, 1.82) is 0 Å². The lowest BCUT2D eigenvalue weighted by molar-refractivity contribution is -0.900. The number of rotatable bonds is 3. The highest BCUT2D eigenvalue weighted by Gasteiger charge is 2.22. The molecule has 1 fully saturated rings. The number of imide groups is 1. The molecule has 0 aliphatic carbocycles. The van der Waals surface area contributed by atoms with E-state index in [0.29, 0.717) is 5.92 Å². The molecule has 21 heavy (non-hydrogen) atoms. The number of urea groups is 1. The van der Waals surface area contributed by atoms with Gasteiger partial charge in [0.1, 0.15) is 5.82 Å². The van der Waals surface area contributed by atoms with Crippen molar-refractivity contribution >= 4 is 17.6 Å². The monoisotopic (exact) mass is 294 g/mol. The molecule has 1 aliphatic rings. The van der Waals surface area contributed by atoms with Crippen LogP contribution in [0.4, 0.5) is 14.9 Å². The maximum absolute atomic E-state index is 13.4. The van der Waals surface area contributed by atoms with Gasteiger partial charge >= 0.3 is 6.03 Å². The van der Waals surface area contributed by atoms with Crippen molar-refractivity contribution in [2.75, 3.05) is 25.0 Å². The standard InChI is InChI=1S/C15H20FN3O2/c1-11-5-4-8-19(9-11)10-14(20)18-15(21)17-13-7-3-2-6-12(13)16/h2-3,6-7,11H,4-5,8-10H2,1H3,(H2,17,18,20,21)/p+1/t11-/m1/s1. The number of likely N-dealkylation sites (tertiary alicyclic amines) is 1. The number of carbonyl (C=O) groups is 2. The Kier molecular flexibility index (Phi) is 5.27. The van der Waals surface area contributed by atoms with Crippen molar-refractivity contribution in [3.8, 4) is 0 Å². The van der Waals surface area contributed by atoms with Crippen LogP contribution in [0.2, 0.25) is 0 Å². The SMILES string of the molecule is C[C@@H]1CCC[NH+](CC(=O)NC(=O)Nc2ccccc2F)C1. The second-order valence-corrected chi connectivity index (χ2v) is 5.61. The topological polar surface area (TPSA) is 62.6 Å². The van der Waals surface area contributed by atoms with E-state index in [-0.39, 0.29) is 18.1 Å². The van der Waals surface area contributed by atoms with Crippen LogP contribution in [0.1, 0.15) is 19.8 Å². The molecule has 1 heterocycles. The Hall–Kier alpha value is -1.95. The molecule has 3 N–H and O–H groups in total. The predicted octanol–water partition coefficient (Wildman–Crippen LogP) is 0.789. The van der Waals surface area contributed by atoms with Crippen LogP contribution in [0, 0.1) is 11.7 Å². The number of amides is 3. The lowest BCUT2D eigenvalue weighted by Crippen LogP contribution is -3.14. The van der Waals surface area contributed by atoms with Gasteiger partial charge in [-0.1, -0.05) is 19.1 Å². The second kappa shape index (κ2) is 7.17. The number of piperidine rings is 1. The zero-order valence-electron chi connectivity index (χ0n) is 12.1. The number of nitrogens with one attached hydrogen (secondary N) is 3. The van der Waals surface area contributed by atoms with Gasteiger partial charge in [-0.05, 0) is 25.0 Å². The molecule has 1 aromatic rings. The molecule has 3 amide bonds. The highest BCUT2D eigenvalue weighted by atomic mass is 19.1. The minimum atomic E-state index is -0.699. The van der Waals surface area contributed by atoms with E-state index in [2.05, 4.69) is 17.6 Å². The molecule has 1 aliphatic heterocycles. The molecular formula is C15H21FN3O2+. The summed E-state index contributed by atoms with van der Waals surface area (Å²) in [5.41, 5.74) is 0.0572. The van der Waals surface area contributed by atoms with Crippen LogP contribution in [0.25, 0.3) is 0 Å². The van der Waals surface area contributed by atoms with Gasteiger partial charge in [0.05, 0.1) is 18.8 Å². The Balaban J connectivity index is 1.79. The van der Waals surface area contributed by atoms with Crippen molar-refractivity contribution in [2.45, 2.75) is 19.8 Å². The first-order valence-electron chi connectivity index (χ1n) is 7.23. The molecule has 0 spiro atoms. The Morgan fingerprint density at radius 2 is 2.14 bits per heavy atom. The van der Waals surface area contributed by atoms with Gasteiger partial charge in [0.15, 0.2) is 6.54 Å². The Morgan fingerprint density at radius 1 is 1.38 bits per heavy atom. The van der Waals surface area contributed by atoms with Gasteiger partial charge in [0, 0.05) is 5.92 Å². The summed E-state index contributed by atoms with van der Waals surface area (Å²) in [7, 11) is 0. The number of para-hydroxylation sites is 1. The molecule has 2 atom stereocenters. The first-order chi connectivity index (χ1) is 10.0. The summed E-state index contributed by atoms with van der Waals surface area (Å²) in [4.78, 5) is 24.7. The molecule has 1 saturated heterocycles. The third kappa shape index (κ3) is 4.82. The zero-order chi connectivity index (χ0) is 15.2. The predicted molar refractivity (Wildman–Crippen MR) is 77.5 cm³/mol. The smallest absolute Gasteiger partial charge is 0.326 e. The van der Waals surface area contributed by atoms with E-state index in [1.54, 1.807) is 6.07 Å². The fourth-order valence-electron chi connectivity index (χ4n) is 2.67. The molecule has 0 radical (unpaired) electrons. The van der Waals surface area contributed by atoms with Crippen LogP contribution in [0.3, 0.4) is 0 Å². The Labute approximate surface area is 123 Å². The van der Waals surface area contributed by atoms with Crippen molar-refractivity contribution in [2.24, 2.45) is 5.92 Å². The van der Waals surface area contributed by atoms with Gasteiger partial charge in [-0.2, -0.15) is 0 Å². The molecular weight excluding hydrogens is 273 g/mol. The number of hydrogen-bond acceptors (Lipinski definition) is 2. The van der Waals surface area contributed by atoms with E-state index in [9.17, 15) is 14.0 Å². The number of carbonyl (C=O) groups excluding carboxylic acids is 2. The van der Waals surface area contributed by atoms with E-state index >= 15 is 0 Å². The van der Waals surface area contributed by atoms with Gasteiger partial charge in [0.25, 0.3) is 5.91 Å². The maximum atomic E-state index is 13.4. The molecule has 1 aromatic carbocycles. The molecule has 0 aromatic heterocycles. The van der Waals surface area contributed by atoms with E-state index in [1.807, 2.05) is 0 Å². The highest BCUT2D eigenvalue weighted by Crippen LogP contribution is 2.11. The summed E-state index contributed by atoms with van der Waals surface area (Å²) in [6, 6.07) is 5.13. The van der Waals surface area contributed by atoms with Crippen LogP contribution >= 0.6 is 0 Å². The van der Waals surface area contributed by atoms with Crippen molar-refractivity contribution in [1.82, 2.24) is 5.32 Å². The van der Waals surface area contributed by atoms with E-state index in [4.69, 9.17) is 0 Å². The fraction of sp³-hybridized carbons (Fsp3) is 0.467. The van der Waals surface area contributed by atoms with Gasteiger partial charge in [-0.3, -0.25) is 10.1 Å². The van der Waals surface area contributed by atoms with Crippen LogP contribution in [-0.2, 0) is 4.79 Å². The lowest BCUT2D eigenvalue weighted by atomic mass is 10.0. The van der Waals surface area contributed by atoms with Crippen molar-refractivity contribution in [3.63, 3.8) is 0 Å². The average Bonchev–Trinajstić information content (AvgIpc) is 2.41. The number of quaternary nitrogens is 1. The zero-order valence-corrected chi connectivity index (χ0v) is 12.1. The summed E-state index contributed by atoms with van der Waals surface area (Å²) in [5.74, 6) is -0.266. The van der Waals surface area contributed by atoms with Crippen LogP contribution < -0.4 is 15.5 Å². The third-order valence-corrected chi connectivity index (χ3v) is 3.65. The van der Waals surface area contributed by atoms with E-state index in [1.165, 1.54) is 29.5 Å². The van der Waals surface area contributed by atoms with Crippen molar-refractivity contribution in [3.05, 3.63) is 30.1 Å². The molecule has 2 rings (SSSR count). The summed E-state index contributed by atoms with van der Waals surface area (Å²) >= 11 is 0. The van der Waals surface area contributed by atoms with Crippen LogP contribution in [-0.4, -0.2) is 31.6 Å². The Bertz CT molecular complexity index is 521. The third-order valence-electron chi connectivity index (χ3n) is 3.65. The second-order valence-electron chi connectivity index (χ2n) is 5.61. The first kappa shape index (κ1) is 15.4. The quantitative estimate of drug-likeness (QED) is 0.772. The minimum Gasteiger partial charge on any atom is -0.327 e. The van der Waals surface area contributed by atoms with Gasteiger partial charge in [-0.25, -0.2) is 9.18 Å². The maximum Gasteiger partial charge on any atom is 0.326 e. The lowest BCUT2D eigenvalue weighted by Gasteiger charge is -2.27.